The molecule has 2 aliphatic carbocycles. The van der Waals surface area contributed by atoms with Crippen molar-refractivity contribution < 1.29 is 77.2 Å². The number of carboxylic acid groups (broad SMARTS) is 1. The van der Waals surface area contributed by atoms with E-state index >= 15 is 0 Å². The fraction of sp³-hybridized carbons (Fsp3) is 0.448. The number of halogens is 3. The topological polar surface area (TPSA) is 243 Å². The molecule has 8 N–H and O–H groups in total. The van der Waals surface area contributed by atoms with Crippen LogP contribution in [0.2, 0.25) is 0 Å². The number of methoxy groups -OCH3 is 1. The van der Waals surface area contributed by atoms with Crippen molar-refractivity contribution in [2.45, 2.75) is 68.6 Å². The second-order valence-electron chi connectivity index (χ2n) is 11.0. The number of ether oxygens (including phenoxy) is 3. The summed E-state index contributed by atoms with van der Waals surface area (Å²) in [5.74, 6) is -6.53. The van der Waals surface area contributed by atoms with Crippen LogP contribution in [0.3, 0.4) is 0 Å². The van der Waals surface area contributed by atoms with Gasteiger partial charge in [0.1, 0.15) is 29.5 Å². The Bertz CT molecular complexity index is 1580. The van der Waals surface area contributed by atoms with Crippen LogP contribution in [0.4, 0.5) is 13.2 Å². The summed E-state index contributed by atoms with van der Waals surface area (Å²) in [4.78, 5) is 48.6. The van der Waals surface area contributed by atoms with Crippen LogP contribution < -0.4 is 10.5 Å². The van der Waals surface area contributed by atoms with Gasteiger partial charge in [-0.05, 0) is 13.0 Å². The van der Waals surface area contributed by atoms with Crippen LogP contribution in [0.15, 0.2) is 18.2 Å². The number of aliphatic hydroxyl groups is 3. The number of carboxylic acids is 1. The monoisotopic (exact) mass is 657 g/mol. The molecule has 1 aliphatic heterocycles. The number of nitrogens with two attached hydrogens (primary N) is 1. The first kappa shape index (κ1) is 34.7. The number of carbonyl (C=O) groups excluding carboxylic acids is 3. The molecule has 6 atom stereocenters. The molecular weight excluding hydrogens is 627 g/mol. The molecule has 250 valence electrons. The van der Waals surface area contributed by atoms with E-state index in [0.717, 1.165) is 0 Å². The normalized spacial score (nSPS) is 27.0. The van der Waals surface area contributed by atoms with Crippen molar-refractivity contribution in [1.82, 2.24) is 0 Å². The molecule has 17 heteroatoms. The zero-order valence-corrected chi connectivity index (χ0v) is 24.2. The van der Waals surface area contributed by atoms with Crippen molar-refractivity contribution in [2.24, 2.45) is 5.73 Å². The number of aliphatic carboxylic acids is 1. The number of phenolic OH excluding ortho intramolecular Hbond substituents is 2. The minimum absolute atomic E-state index is 0.0173. The quantitative estimate of drug-likeness (QED) is 0.186. The lowest BCUT2D eigenvalue weighted by atomic mass is 9.72. The Morgan fingerprint density at radius 3 is 2.26 bits per heavy atom. The highest BCUT2D eigenvalue weighted by Crippen LogP contribution is 2.52. The van der Waals surface area contributed by atoms with Gasteiger partial charge in [0, 0.05) is 42.0 Å². The molecule has 1 fully saturated rings. The average molecular weight is 658 g/mol. The van der Waals surface area contributed by atoms with Crippen LogP contribution in [0, 0.1) is 0 Å². The molecule has 5 rings (SSSR count). The maximum atomic E-state index is 13.6. The third-order valence-electron chi connectivity index (χ3n) is 8.05. The van der Waals surface area contributed by atoms with Crippen molar-refractivity contribution >= 4 is 23.3 Å². The first-order chi connectivity index (χ1) is 21.4. The SMILES string of the molecule is COc1cccc2c1C(=O)c1c(O)c3c(c(O)c1C2=O)C[C@@](O)(C(=O)CO)C[C@@H]3O[C@H]1C[C@H](N)[C@H](O)[C@H](C)O1.O=C(O)C(F)(F)F. The second-order valence-corrected chi connectivity index (χ2v) is 11.0. The van der Waals surface area contributed by atoms with E-state index in [1.54, 1.807) is 6.92 Å². The predicted octanol–water partition coefficient (Wildman–Crippen LogP) is 0.635. The minimum atomic E-state index is -5.08. The fourth-order valence-electron chi connectivity index (χ4n) is 5.75. The van der Waals surface area contributed by atoms with Gasteiger partial charge < -0.3 is 50.6 Å². The van der Waals surface area contributed by atoms with Gasteiger partial charge in [-0.15, -0.1) is 0 Å². The Morgan fingerprint density at radius 2 is 1.72 bits per heavy atom. The number of ketones is 3. The van der Waals surface area contributed by atoms with Crippen molar-refractivity contribution in [3.05, 3.63) is 51.6 Å². The summed E-state index contributed by atoms with van der Waals surface area (Å²) < 4.78 is 48.7. The molecule has 1 saturated heterocycles. The Balaban J connectivity index is 0.000000617. The first-order valence-corrected chi connectivity index (χ1v) is 13.7. The molecule has 14 nitrogen and oxygen atoms in total. The molecule has 1 heterocycles. The molecule has 2 aromatic rings. The third kappa shape index (κ3) is 6.04. The van der Waals surface area contributed by atoms with E-state index in [1.165, 1.54) is 25.3 Å². The number of Topliss-reactive ketones (excluding diaryl/α,β-unsaturated/α-hetero) is 1. The highest BCUT2D eigenvalue weighted by molar-refractivity contribution is 6.31. The lowest BCUT2D eigenvalue weighted by Gasteiger charge is -2.42. The van der Waals surface area contributed by atoms with Crippen molar-refractivity contribution in [3.63, 3.8) is 0 Å². The van der Waals surface area contributed by atoms with Crippen LogP contribution in [-0.2, 0) is 25.5 Å². The maximum absolute atomic E-state index is 13.6. The van der Waals surface area contributed by atoms with Crippen molar-refractivity contribution in [3.8, 4) is 17.2 Å². The number of hydrogen-bond acceptors (Lipinski definition) is 13. The lowest BCUT2D eigenvalue weighted by molar-refractivity contribution is -0.247. The van der Waals surface area contributed by atoms with Gasteiger partial charge in [-0.3, -0.25) is 14.4 Å². The number of aromatic hydroxyl groups is 2. The molecule has 0 radical (unpaired) electrons. The van der Waals surface area contributed by atoms with Gasteiger partial charge in [0.15, 0.2) is 17.9 Å². The van der Waals surface area contributed by atoms with E-state index in [4.69, 9.17) is 29.8 Å². The summed E-state index contributed by atoms with van der Waals surface area (Å²) in [5.41, 5.74) is 2.37. The lowest BCUT2D eigenvalue weighted by Crippen LogP contribution is -2.53. The maximum Gasteiger partial charge on any atom is 0.490 e. The molecule has 0 aromatic heterocycles. The number of benzene rings is 2. The van der Waals surface area contributed by atoms with Gasteiger partial charge in [-0.1, -0.05) is 12.1 Å². The van der Waals surface area contributed by atoms with E-state index in [1.807, 2.05) is 0 Å². The van der Waals surface area contributed by atoms with Gasteiger partial charge in [-0.25, -0.2) is 4.79 Å². The highest BCUT2D eigenvalue weighted by atomic mass is 19.4. The number of alkyl halides is 3. The summed E-state index contributed by atoms with van der Waals surface area (Å²) in [5, 5.41) is 60.8. The highest BCUT2D eigenvalue weighted by Gasteiger charge is 2.50. The summed E-state index contributed by atoms with van der Waals surface area (Å²) in [6, 6.07) is 3.64. The molecule has 0 saturated carbocycles. The van der Waals surface area contributed by atoms with E-state index in [9.17, 15) is 53.1 Å². The Hall–Kier alpha value is -4.13. The molecule has 0 unspecified atom stereocenters. The van der Waals surface area contributed by atoms with E-state index in [0.29, 0.717) is 0 Å². The molecule has 0 spiro atoms. The van der Waals surface area contributed by atoms with Crippen LogP contribution in [0.25, 0.3) is 0 Å². The molecule has 3 aliphatic rings. The van der Waals surface area contributed by atoms with Crippen molar-refractivity contribution in [1.29, 1.82) is 0 Å². The summed E-state index contributed by atoms with van der Waals surface area (Å²) in [7, 11) is 1.32. The molecule has 46 heavy (non-hydrogen) atoms. The molecule has 0 bridgehead atoms. The van der Waals surface area contributed by atoms with E-state index in [2.05, 4.69) is 0 Å². The van der Waals surface area contributed by atoms with Gasteiger partial charge in [-0.2, -0.15) is 13.2 Å². The third-order valence-corrected chi connectivity index (χ3v) is 8.05. The first-order valence-electron chi connectivity index (χ1n) is 13.7. The van der Waals surface area contributed by atoms with Gasteiger partial charge >= 0.3 is 12.1 Å². The van der Waals surface area contributed by atoms with Gasteiger partial charge in [0.25, 0.3) is 0 Å². The number of fused-ring (bicyclic) bond motifs is 3. The summed E-state index contributed by atoms with van der Waals surface area (Å²) in [6.07, 6.45) is -10.2. The van der Waals surface area contributed by atoms with Crippen LogP contribution in [-0.4, -0.2) is 104 Å². The molecule has 2 aromatic carbocycles. The Morgan fingerprint density at radius 1 is 1.11 bits per heavy atom. The minimum Gasteiger partial charge on any atom is -0.507 e. The number of hydrogen-bond donors (Lipinski definition) is 7. The van der Waals surface area contributed by atoms with E-state index < -0.39 is 108 Å². The molecule has 0 amide bonds. The summed E-state index contributed by atoms with van der Waals surface area (Å²) >= 11 is 0. The fourth-order valence-corrected chi connectivity index (χ4v) is 5.75. The number of carbonyl (C=O) groups is 4. The van der Waals surface area contributed by atoms with Crippen LogP contribution >= 0.6 is 0 Å². The Labute approximate surface area is 257 Å². The van der Waals surface area contributed by atoms with Gasteiger partial charge in [0.2, 0.25) is 5.78 Å². The Kier molecular flexibility index (Phi) is 9.50. The van der Waals surface area contributed by atoms with E-state index in [-0.39, 0.29) is 34.4 Å². The van der Waals surface area contributed by atoms with Gasteiger partial charge in [0.05, 0.1) is 42.1 Å². The predicted molar refractivity (Wildman–Crippen MR) is 145 cm³/mol. The number of phenols is 2. The van der Waals surface area contributed by atoms with Crippen LogP contribution in [0.5, 0.6) is 17.2 Å². The van der Waals surface area contributed by atoms with Crippen LogP contribution in [0.1, 0.15) is 68.8 Å². The zero-order chi connectivity index (χ0) is 34.5. The second kappa shape index (κ2) is 12.6. The largest absolute Gasteiger partial charge is 0.507 e. The standard InChI is InChI=1S/C27H29NO11.C2HF3O2/c1-10-22(31)13(28)6-17(38-10)39-15-8-27(36,16(30)9-29)7-12-19(15)26(35)21-20(24(12)33)23(32)11-4-3-5-14(37-2)18(11)25(21)34;3-2(4,5)1(6)7/h3-5,10,13,15,17,22,29,31,33,35-36H,6-9,28H2,1-2H3;(H,6,7)/t10-,13-,15-,17-,22+,27-;/m0./s1. The smallest absolute Gasteiger partial charge is 0.490 e. The molecular formula is C29H30F3NO13. The average Bonchev–Trinajstić information content (AvgIpc) is 2.99. The number of rotatable bonds is 5. The number of aliphatic hydroxyl groups excluding tert-OH is 2. The zero-order valence-electron chi connectivity index (χ0n) is 24.2. The summed E-state index contributed by atoms with van der Waals surface area (Å²) in [6.45, 7) is 0.560. The van der Waals surface area contributed by atoms with Crippen molar-refractivity contribution in [2.75, 3.05) is 13.7 Å².